The Bertz CT molecular complexity index is 1310. The summed E-state index contributed by atoms with van der Waals surface area (Å²) in [5.74, 6) is -1.74. The van der Waals surface area contributed by atoms with Gasteiger partial charge in [0, 0.05) is 36.5 Å². The van der Waals surface area contributed by atoms with Crippen molar-refractivity contribution >= 4 is 11.9 Å². The molecule has 2 aromatic carbocycles. The third-order valence-electron chi connectivity index (χ3n) is 9.82. The van der Waals surface area contributed by atoms with E-state index in [0.29, 0.717) is 41.7 Å². The van der Waals surface area contributed by atoms with Crippen LogP contribution in [0.1, 0.15) is 94.1 Å². The molecule has 4 fully saturated rings. The number of carbonyl (C=O) groups is 2. The van der Waals surface area contributed by atoms with Crippen molar-refractivity contribution in [1.82, 2.24) is 10.6 Å². The van der Waals surface area contributed by atoms with Crippen LogP contribution in [-0.2, 0) is 9.59 Å². The van der Waals surface area contributed by atoms with Crippen LogP contribution in [0.3, 0.4) is 0 Å². The molecule has 4 atom stereocenters. The number of hydrogen-bond donors (Lipinski definition) is 3. The number of carbonyl (C=O) groups excluding carboxylic acids is 1. The summed E-state index contributed by atoms with van der Waals surface area (Å²) in [6.45, 7) is 1.70. The number of ether oxygens (including phenoxy) is 1. The second kappa shape index (κ2) is 10.4. The van der Waals surface area contributed by atoms with E-state index in [1.54, 1.807) is 25.1 Å². The molecule has 40 heavy (non-hydrogen) atoms. The van der Waals surface area contributed by atoms with E-state index in [1.165, 1.54) is 6.07 Å². The Labute approximate surface area is 233 Å². The molecule has 2 aromatic rings. The highest BCUT2D eigenvalue weighted by Gasteiger charge is 2.55. The molecule has 6 nitrogen and oxygen atoms in total. The predicted octanol–water partition coefficient (Wildman–Crippen LogP) is 5.99. The van der Waals surface area contributed by atoms with Crippen LogP contribution in [0.15, 0.2) is 36.4 Å². The van der Waals surface area contributed by atoms with Crippen molar-refractivity contribution < 1.29 is 28.2 Å². The lowest BCUT2D eigenvalue weighted by molar-refractivity contribution is -0.138. The lowest BCUT2D eigenvalue weighted by Crippen LogP contribution is -2.49. The summed E-state index contributed by atoms with van der Waals surface area (Å²) in [6.07, 6.45) is 7.77. The van der Waals surface area contributed by atoms with E-state index in [9.17, 15) is 14.7 Å². The van der Waals surface area contributed by atoms with Crippen LogP contribution in [0.2, 0.25) is 0 Å². The fourth-order valence-electron chi connectivity index (χ4n) is 6.94. The standard InChI is InChI=1S/C32H38F2N2O4/c1-19(29(37)38)21-9-12-27(25(15-21)24-7-3-8-26(33)28(24)20-5-2-6-20)40-23-11-10-22(16-23)36-30(39)32(34)17-31(35-18-32)13-4-14-31/h3,7-9,12,15,19-20,22-23,35H,2,4-6,10-11,13-14,16-18H2,1H3,(H,36,39)(H,37,38)/t19-,22+,23+,32+/m0/s1. The number of amides is 1. The van der Waals surface area contributed by atoms with E-state index in [-0.39, 0.29) is 42.4 Å². The summed E-state index contributed by atoms with van der Waals surface area (Å²) >= 11 is 0. The maximum atomic E-state index is 15.5. The van der Waals surface area contributed by atoms with Crippen molar-refractivity contribution in [2.75, 3.05) is 6.54 Å². The molecule has 1 amide bonds. The van der Waals surface area contributed by atoms with Gasteiger partial charge >= 0.3 is 5.97 Å². The molecule has 0 radical (unpaired) electrons. The molecule has 0 bridgehead atoms. The minimum Gasteiger partial charge on any atom is -0.490 e. The number of carboxylic acid groups (broad SMARTS) is 1. The smallest absolute Gasteiger partial charge is 0.310 e. The van der Waals surface area contributed by atoms with Gasteiger partial charge in [-0.25, -0.2) is 8.78 Å². The van der Waals surface area contributed by atoms with Gasteiger partial charge in [0.25, 0.3) is 5.91 Å². The second-order valence-corrected chi connectivity index (χ2v) is 12.5. The average molecular weight is 553 g/mol. The molecule has 3 N–H and O–H groups in total. The molecule has 3 saturated carbocycles. The summed E-state index contributed by atoms with van der Waals surface area (Å²) in [5, 5.41) is 15.8. The quantitative estimate of drug-likeness (QED) is 0.375. The van der Waals surface area contributed by atoms with Crippen LogP contribution in [0.25, 0.3) is 11.1 Å². The van der Waals surface area contributed by atoms with Crippen molar-refractivity contribution in [1.29, 1.82) is 0 Å². The Balaban J connectivity index is 1.21. The Kier molecular flexibility index (Phi) is 7.09. The molecule has 8 heteroatoms. The van der Waals surface area contributed by atoms with Crippen LogP contribution in [0.4, 0.5) is 8.78 Å². The van der Waals surface area contributed by atoms with Gasteiger partial charge in [-0.3, -0.25) is 9.59 Å². The number of nitrogens with one attached hydrogen (secondary N) is 2. The number of aliphatic carboxylic acids is 1. The Morgan fingerprint density at radius 1 is 1.10 bits per heavy atom. The van der Waals surface area contributed by atoms with Crippen molar-refractivity contribution in [3.8, 4) is 16.9 Å². The number of carboxylic acids is 1. The first-order valence-electron chi connectivity index (χ1n) is 14.7. The molecular formula is C32H38F2N2O4. The third kappa shape index (κ3) is 5.00. The number of hydrogen-bond acceptors (Lipinski definition) is 4. The van der Waals surface area contributed by atoms with Crippen molar-refractivity contribution in [3.05, 3.63) is 53.3 Å². The zero-order valence-electron chi connectivity index (χ0n) is 23.0. The van der Waals surface area contributed by atoms with Gasteiger partial charge in [0.15, 0.2) is 0 Å². The molecule has 4 aliphatic rings. The van der Waals surface area contributed by atoms with Crippen LogP contribution in [0.5, 0.6) is 5.75 Å². The minimum atomic E-state index is -1.88. The lowest BCUT2D eigenvalue weighted by Gasteiger charge is -2.38. The van der Waals surface area contributed by atoms with Gasteiger partial charge in [-0.15, -0.1) is 0 Å². The first kappa shape index (κ1) is 27.2. The topological polar surface area (TPSA) is 87.7 Å². The van der Waals surface area contributed by atoms with Gasteiger partial charge in [0.05, 0.1) is 5.92 Å². The molecule has 1 heterocycles. The summed E-state index contributed by atoms with van der Waals surface area (Å²) in [6, 6.07) is 10.2. The molecule has 3 aliphatic carbocycles. The highest BCUT2D eigenvalue weighted by atomic mass is 19.1. The van der Waals surface area contributed by atoms with Crippen LogP contribution in [0, 0.1) is 5.82 Å². The van der Waals surface area contributed by atoms with Gasteiger partial charge in [0.2, 0.25) is 5.67 Å². The summed E-state index contributed by atoms with van der Waals surface area (Å²) in [4.78, 5) is 24.7. The molecule has 0 unspecified atom stereocenters. The lowest BCUT2D eigenvalue weighted by atomic mass is 9.74. The largest absolute Gasteiger partial charge is 0.490 e. The highest BCUT2D eigenvalue weighted by Crippen LogP contribution is 2.46. The first-order valence-corrected chi connectivity index (χ1v) is 14.7. The van der Waals surface area contributed by atoms with Gasteiger partial charge in [-0.1, -0.05) is 24.6 Å². The minimum absolute atomic E-state index is 0.0624. The average Bonchev–Trinajstić information content (AvgIpc) is 3.49. The Hall–Kier alpha value is -3.00. The number of benzene rings is 2. The van der Waals surface area contributed by atoms with E-state index in [1.807, 2.05) is 12.1 Å². The van der Waals surface area contributed by atoms with Gasteiger partial charge < -0.3 is 20.5 Å². The zero-order chi connectivity index (χ0) is 28.1. The fraction of sp³-hybridized carbons (Fsp3) is 0.562. The molecule has 0 aromatic heterocycles. The fourth-order valence-corrected chi connectivity index (χ4v) is 6.94. The van der Waals surface area contributed by atoms with E-state index in [0.717, 1.165) is 44.1 Å². The molecule has 1 spiro atoms. The second-order valence-electron chi connectivity index (χ2n) is 12.5. The monoisotopic (exact) mass is 552 g/mol. The maximum Gasteiger partial charge on any atom is 0.310 e. The van der Waals surface area contributed by atoms with Crippen LogP contribution >= 0.6 is 0 Å². The Morgan fingerprint density at radius 2 is 1.90 bits per heavy atom. The summed E-state index contributed by atoms with van der Waals surface area (Å²) in [7, 11) is 0. The molecule has 6 rings (SSSR count). The summed E-state index contributed by atoms with van der Waals surface area (Å²) in [5.41, 5.74) is 0.628. The number of halogens is 2. The summed E-state index contributed by atoms with van der Waals surface area (Å²) < 4.78 is 37.1. The van der Waals surface area contributed by atoms with Crippen LogP contribution < -0.4 is 15.4 Å². The Morgan fingerprint density at radius 3 is 2.55 bits per heavy atom. The highest BCUT2D eigenvalue weighted by molar-refractivity contribution is 5.86. The van der Waals surface area contributed by atoms with E-state index < -0.39 is 23.5 Å². The van der Waals surface area contributed by atoms with Crippen molar-refractivity contribution in [2.24, 2.45) is 0 Å². The zero-order valence-corrected chi connectivity index (χ0v) is 23.0. The van der Waals surface area contributed by atoms with Gasteiger partial charge in [-0.2, -0.15) is 0 Å². The molecular weight excluding hydrogens is 514 g/mol. The molecule has 1 saturated heterocycles. The van der Waals surface area contributed by atoms with Gasteiger partial charge in [0.1, 0.15) is 17.7 Å². The van der Waals surface area contributed by atoms with Crippen LogP contribution in [-0.4, -0.2) is 46.9 Å². The van der Waals surface area contributed by atoms with Gasteiger partial charge in [-0.05, 0) is 92.7 Å². The number of rotatable bonds is 8. The van der Waals surface area contributed by atoms with Crippen molar-refractivity contribution in [2.45, 2.75) is 106 Å². The SMILES string of the molecule is C[C@H](C(=O)O)c1ccc(O[C@@H]2CC[C@@H](NC(=O)[C@]3(F)CNC4(CCC4)C3)C2)c(-c2cccc(F)c2C2CCC2)c1. The first-order chi connectivity index (χ1) is 19.2. The molecule has 214 valence electrons. The third-order valence-corrected chi connectivity index (χ3v) is 9.82. The van der Waals surface area contributed by atoms with E-state index in [4.69, 9.17) is 4.74 Å². The molecule has 1 aliphatic heterocycles. The van der Waals surface area contributed by atoms with Crippen molar-refractivity contribution in [3.63, 3.8) is 0 Å². The van der Waals surface area contributed by atoms with E-state index in [2.05, 4.69) is 10.6 Å². The van der Waals surface area contributed by atoms with E-state index >= 15 is 8.78 Å². The predicted molar refractivity (Wildman–Crippen MR) is 148 cm³/mol. The number of alkyl halides is 1. The maximum absolute atomic E-state index is 15.5. The normalized spacial score (nSPS) is 28.1.